The third kappa shape index (κ3) is 7.46. The third-order valence-corrected chi connectivity index (χ3v) is 3.20. The summed E-state index contributed by atoms with van der Waals surface area (Å²) in [6.07, 6.45) is 2.27. The van der Waals surface area contributed by atoms with Crippen molar-refractivity contribution >= 4 is 0 Å². The smallest absolute Gasteiger partial charge is 0.124 e. The van der Waals surface area contributed by atoms with E-state index in [0.29, 0.717) is 19.8 Å². The van der Waals surface area contributed by atoms with Gasteiger partial charge in [0.15, 0.2) is 0 Å². The van der Waals surface area contributed by atoms with E-state index in [0.717, 1.165) is 43.9 Å². The Labute approximate surface area is 128 Å². The summed E-state index contributed by atoms with van der Waals surface area (Å²) in [5, 5.41) is 3.32. The highest BCUT2D eigenvalue weighted by Crippen LogP contribution is 2.20. The maximum atomic E-state index is 5.68. The zero-order chi connectivity index (χ0) is 15.3. The molecule has 0 aliphatic rings. The first kappa shape index (κ1) is 18.0. The SMILES string of the molecule is CCCCOCCOCc1cc(CNCC)ccc1OC. The van der Waals surface area contributed by atoms with Gasteiger partial charge in [-0.2, -0.15) is 0 Å². The van der Waals surface area contributed by atoms with Crippen molar-refractivity contribution in [2.24, 2.45) is 0 Å². The molecule has 0 heterocycles. The second kappa shape index (κ2) is 11.5. The molecule has 0 saturated heterocycles. The molecule has 0 radical (unpaired) electrons. The molecule has 1 aromatic rings. The Morgan fingerprint density at radius 2 is 1.86 bits per heavy atom. The Morgan fingerprint density at radius 3 is 2.57 bits per heavy atom. The summed E-state index contributed by atoms with van der Waals surface area (Å²) in [5.41, 5.74) is 2.33. The molecule has 1 aromatic carbocycles. The second-order valence-electron chi connectivity index (χ2n) is 4.95. The van der Waals surface area contributed by atoms with Gasteiger partial charge in [-0.15, -0.1) is 0 Å². The standard InChI is InChI=1S/C17H29NO3/c1-4-6-9-20-10-11-21-14-16-12-15(13-18-5-2)7-8-17(16)19-3/h7-8,12,18H,4-6,9-11,13-14H2,1-3H3. The van der Waals surface area contributed by atoms with Crippen molar-refractivity contribution in [2.75, 3.05) is 33.5 Å². The molecule has 0 aliphatic heterocycles. The van der Waals surface area contributed by atoms with E-state index < -0.39 is 0 Å². The van der Waals surface area contributed by atoms with Crippen LogP contribution >= 0.6 is 0 Å². The summed E-state index contributed by atoms with van der Waals surface area (Å²) < 4.78 is 16.5. The number of hydrogen-bond acceptors (Lipinski definition) is 4. The zero-order valence-corrected chi connectivity index (χ0v) is 13.6. The van der Waals surface area contributed by atoms with Crippen molar-refractivity contribution in [3.05, 3.63) is 29.3 Å². The van der Waals surface area contributed by atoms with E-state index in [1.54, 1.807) is 7.11 Å². The molecule has 21 heavy (non-hydrogen) atoms. The number of rotatable bonds is 12. The van der Waals surface area contributed by atoms with Gasteiger partial charge in [0, 0.05) is 18.7 Å². The maximum absolute atomic E-state index is 5.68. The molecule has 0 saturated carbocycles. The molecule has 120 valence electrons. The highest BCUT2D eigenvalue weighted by Gasteiger charge is 2.05. The molecule has 0 aromatic heterocycles. The normalized spacial score (nSPS) is 10.8. The van der Waals surface area contributed by atoms with Crippen LogP contribution in [0, 0.1) is 0 Å². The number of unbranched alkanes of at least 4 members (excludes halogenated alkanes) is 1. The lowest BCUT2D eigenvalue weighted by molar-refractivity contribution is 0.0390. The zero-order valence-electron chi connectivity index (χ0n) is 13.6. The highest BCUT2D eigenvalue weighted by atomic mass is 16.5. The molecule has 0 aliphatic carbocycles. The van der Waals surface area contributed by atoms with Crippen LogP contribution in [0.2, 0.25) is 0 Å². The van der Waals surface area contributed by atoms with Crippen molar-refractivity contribution in [1.82, 2.24) is 5.32 Å². The molecule has 4 heteroatoms. The number of ether oxygens (including phenoxy) is 3. The molecule has 0 bridgehead atoms. The number of benzene rings is 1. The van der Waals surface area contributed by atoms with Crippen LogP contribution in [0.4, 0.5) is 0 Å². The average molecular weight is 295 g/mol. The van der Waals surface area contributed by atoms with Crippen LogP contribution in [0.15, 0.2) is 18.2 Å². The number of methoxy groups -OCH3 is 1. The van der Waals surface area contributed by atoms with Crippen LogP contribution in [0.5, 0.6) is 5.75 Å². The molecule has 0 amide bonds. The summed E-state index contributed by atoms with van der Waals surface area (Å²) in [6, 6.07) is 6.22. The van der Waals surface area contributed by atoms with Gasteiger partial charge in [-0.05, 0) is 30.7 Å². The molecule has 0 spiro atoms. The molecule has 0 unspecified atom stereocenters. The van der Waals surface area contributed by atoms with Gasteiger partial charge >= 0.3 is 0 Å². The Morgan fingerprint density at radius 1 is 1.05 bits per heavy atom. The fourth-order valence-corrected chi connectivity index (χ4v) is 1.97. The summed E-state index contributed by atoms with van der Waals surface area (Å²) in [6.45, 7) is 8.74. The van der Waals surface area contributed by atoms with E-state index in [4.69, 9.17) is 14.2 Å². The van der Waals surface area contributed by atoms with Crippen molar-refractivity contribution in [1.29, 1.82) is 0 Å². The van der Waals surface area contributed by atoms with Crippen LogP contribution in [-0.2, 0) is 22.6 Å². The molecule has 0 atom stereocenters. The quantitative estimate of drug-likeness (QED) is 0.601. The summed E-state index contributed by atoms with van der Waals surface area (Å²) >= 11 is 0. The number of nitrogens with one attached hydrogen (secondary N) is 1. The number of hydrogen-bond donors (Lipinski definition) is 1. The monoisotopic (exact) mass is 295 g/mol. The lowest BCUT2D eigenvalue weighted by atomic mass is 10.1. The molecular weight excluding hydrogens is 266 g/mol. The third-order valence-electron chi connectivity index (χ3n) is 3.20. The van der Waals surface area contributed by atoms with Gasteiger partial charge in [-0.25, -0.2) is 0 Å². The molecule has 0 fully saturated rings. The summed E-state index contributed by atoms with van der Waals surface area (Å²) in [5.74, 6) is 0.877. The minimum absolute atomic E-state index is 0.556. The minimum Gasteiger partial charge on any atom is -0.496 e. The first-order valence-corrected chi connectivity index (χ1v) is 7.83. The van der Waals surface area contributed by atoms with E-state index in [9.17, 15) is 0 Å². The molecular formula is C17H29NO3. The first-order chi connectivity index (χ1) is 10.3. The second-order valence-corrected chi connectivity index (χ2v) is 4.95. The van der Waals surface area contributed by atoms with Gasteiger partial charge in [0.05, 0.1) is 26.9 Å². The predicted octanol–water partition coefficient (Wildman–Crippen LogP) is 3.14. The van der Waals surface area contributed by atoms with Crippen LogP contribution in [0.3, 0.4) is 0 Å². The Kier molecular flexibility index (Phi) is 9.87. The predicted molar refractivity (Wildman–Crippen MR) is 85.8 cm³/mol. The van der Waals surface area contributed by atoms with E-state index >= 15 is 0 Å². The van der Waals surface area contributed by atoms with Crippen molar-refractivity contribution < 1.29 is 14.2 Å². The summed E-state index contributed by atoms with van der Waals surface area (Å²) in [4.78, 5) is 0. The summed E-state index contributed by atoms with van der Waals surface area (Å²) in [7, 11) is 1.69. The van der Waals surface area contributed by atoms with Gasteiger partial charge < -0.3 is 19.5 Å². The van der Waals surface area contributed by atoms with Crippen LogP contribution in [0.1, 0.15) is 37.8 Å². The van der Waals surface area contributed by atoms with Crippen molar-refractivity contribution in [2.45, 2.75) is 39.8 Å². The lowest BCUT2D eigenvalue weighted by Gasteiger charge is -2.12. The molecule has 1 N–H and O–H groups in total. The Balaban J connectivity index is 2.37. The average Bonchev–Trinajstić information content (AvgIpc) is 2.52. The van der Waals surface area contributed by atoms with Gasteiger partial charge in [-0.3, -0.25) is 0 Å². The van der Waals surface area contributed by atoms with Gasteiger partial charge in [0.2, 0.25) is 0 Å². The fraction of sp³-hybridized carbons (Fsp3) is 0.647. The van der Waals surface area contributed by atoms with Crippen LogP contribution in [-0.4, -0.2) is 33.5 Å². The van der Waals surface area contributed by atoms with Gasteiger partial charge in [0.25, 0.3) is 0 Å². The largest absolute Gasteiger partial charge is 0.496 e. The van der Waals surface area contributed by atoms with Crippen LogP contribution < -0.4 is 10.1 Å². The Hall–Kier alpha value is -1.10. The van der Waals surface area contributed by atoms with Gasteiger partial charge in [0.1, 0.15) is 5.75 Å². The van der Waals surface area contributed by atoms with Crippen LogP contribution in [0.25, 0.3) is 0 Å². The Bertz CT molecular complexity index is 382. The molecule has 1 rings (SSSR count). The van der Waals surface area contributed by atoms with Crippen molar-refractivity contribution in [3.63, 3.8) is 0 Å². The fourth-order valence-electron chi connectivity index (χ4n) is 1.97. The van der Waals surface area contributed by atoms with Gasteiger partial charge in [-0.1, -0.05) is 26.3 Å². The maximum Gasteiger partial charge on any atom is 0.124 e. The lowest BCUT2D eigenvalue weighted by Crippen LogP contribution is -2.12. The minimum atomic E-state index is 0.556. The van der Waals surface area contributed by atoms with E-state index in [-0.39, 0.29) is 0 Å². The molecule has 4 nitrogen and oxygen atoms in total. The van der Waals surface area contributed by atoms with E-state index in [2.05, 4.69) is 31.3 Å². The van der Waals surface area contributed by atoms with E-state index in [1.807, 2.05) is 6.07 Å². The first-order valence-electron chi connectivity index (χ1n) is 7.83. The van der Waals surface area contributed by atoms with Crippen molar-refractivity contribution in [3.8, 4) is 5.75 Å². The topological polar surface area (TPSA) is 39.7 Å². The highest BCUT2D eigenvalue weighted by molar-refractivity contribution is 5.36. The van der Waals surface area contributed by atoms with E-state index in [1.165, 1.54) is 5.56 Å².